The molecule has 5 rings (SSSR count). The number of nitrogens with one attached hydrogen (secondary N) is 1. The lowest BCUT2D eigenvalue weighted by Gasteiger charge is -2.10. The van der Waals surface area contributed by atoms with E-state index in [1.807, 2.05) is 67.8 Å². The Morgan fingerprint density at radius 1 is 1.00 bits per heavy atom. The van der Waals surface area contributed by atoms with E-state index in [0.717, 1.165) is 71.9 Å². The van der Waals surface area contributed by atoms with Gasteiger partial charge in [-0.05, 0) is 91.9 Å². The van der Waals surface area contributed by atoms with Crippen LogP contribution in [-0.4, -0.2) is 51.8 Å². The minimum absolute atomic E-state index is 0.0848. The molecule has 0 bridgehead atoms. The van der Waals surface area contributed by atoms with Crippen molar-refractivity contribution in [3.63, 3.8) is 0 Å². The first-order chi connectivity index (χ1) is 22.9. The molecule has 1 aliphatic carbocycles. The molecule has 1 aliphatic rings. The van der Waals surface area contributed by atoms with Crippen LogP contribution in [0.25, 0.3) is 17.2 Å². The summed E-state index contributed by atoms with van der Waals surface area (Å²) in [7, 11) is 0.483. The van der Waals surface area contributed by atoms with Gasteiger partial charge in [0.05, 0.1) is 36.5 Å². The molecular formula is C38H45N3O5S. The van der Waals surface area contributed by atoms with E-state index in [0.29, 0.717) is 24.7 Å². The van der Waals surface area contributed by atoms with Crippen LogP contribution < -0.4 is 14.8 Å². The highest BCUT2D eigenvalue weighted by Gasteiger charge is 2.46. The van der Waals surface area contributed by atoms with Gasteiger partial charge in [0, 0.05) is 52.2 Å². The van der Waals surface area contributed by atoms with Gasteiger partial charge in [0.1, 0.15) is 18.1 Å². The van der Waals surface area contributed by atoms with Gasteiger partial charge in [-0.2, -0.15) is 0 Å². The number of methoxy groups -OCH3 is 1. The van der Waals surface area contributed by atoms with Gasteiger partial charge in [0.15, 0.2) is 0 Å². The summed E-state index contributed by atoms with van der Waals surface area (Å²) < 4.78 is 32.4. The number of hydrogen-bond donors (Lipinski definition) is 1. The smallest absolute Gasteiger partial charge is 0.248 e. The van der Waals surface area contributed by atoms with E-state index in [4.69, 9.17) is 14.2 Å². The highest BCUT2D eigenvalue weighted by Crippen LogP contribution is 2.47. The summed E-state index contributed by atoms with van der Waals surface area (Å²) in [6.07, 6.45) is 9.24. The summed E-state index contributed by atoms with van der Waals surface area (Å²) in [5.41, 5.74) is 5.68. The number of unbranched alkanes of at least 4 members (excludes halogenated alkanes) is 1. The fourth-order valence-corrected chi connectivity index (χ4v) is 7.20. The van der Waals surface area contributed by atoms with Gasteiger partial charge >= 0.3 is 0 Å². The maximum Gasteiger partial charge on any atom is 0.248 e. The zero-order valence-corrected chi connectivity index (χ0v) is 28.6. The predicted molar refractivity (Wildman–Crippen MR) is 189 cm³/mol. The summed E-state index contributed by atoms with van der Waals surface area (Å²) in [5, 5.41) is 2.99. The molecule has 3 aromatic carbocycles. The number of benzene rings is 3. The third-order valence-corrected chi connectivity index (χ3v) is 10.0. The highest BCUT2D eigenvalue weighted by molar-refractivity contribution is 7.86. The first kappa shape index (κ1) is 34.1. The number of rotatable bonds is 17. The summed E-state index contributed by atoms with van der Waals surface area (Å²) in [5.74, 6) is 1.45. The zero-order chi connectivity index (χ0) is 33.2. The van der Waals surface area contributed by atoms with Crippen LogP contribution in [0.1, 0.15) is 62.4 Å². The summed E-state index contributed by atoms with van der Waals surface area (Å²) in [6.45, 7) is 9.10. The SMILES string of the molecule is CCCCOCCOc1ccc(-c2ccc(OC)c(/C=C/C(=O)Nc3ccc(S(=O)[C@H]4CC4c4c(C)ncn4CCC)cc3)c2)cc1. The Balaban J connectivity index is 1.16. The molecule has 47 heavy (non-hydrogen) atoms. The predicted octanol–water partition coefficient (Wildman–Crippen LogP) is 7.79. The second-order valence-corrected chi connectivity index (χ2v) is 13.4. The standard InChI is InChI=1S/C38H45N3O5S/c1-5-7-21-45-22-23-46-32-14-8-28(9-15-32)29-10-18-35(44-4)30(24-29)11-19-37(42)40-31-12-16-33(17-13-31)47(43)36-25-34(36)38-27(3)39-26-41(38)20-6-2/h8-19,24,26,34,36H,5-7,20-23,25H2,1-4H3,(H,40,42)/b19-11+/t34?,36-,47?/m0/s1. The molecule has 0 aliphatic heterocycles. The minimum Gasteiger partial charge on any atom is -0.496 e. The van der Waals surface area contributed by atoms with E-state index in [2.05, 4.69) is 28.7 Å². The molecule has 248 valence electrons. The van der Waals surface area contributed by atoms with E-state index in [1.54, 1.807) is 25.3 Å². The van der Waals surface area contributed by atoms with Crippen LogP contribution in [-0.2, 0) is 26.9 Å². The van der Waals surface area contributed by atoms with Crippen molar-refractivity contribution in [2.24, 2.45) is 0 Å². The molecule has 3 atom stereocenters. The maximum atomic E-state index is 13.3. The van der Waals surface area contributed by atoms with Gasteiger partial charge in [-0.1, -0.05) is 38.5 Å². The van der Waals surface area contributed by atoms with Gasteiger partial charge < -0.3 is 24.1 Å². The van der Waals surface area contributed by atoms with E-state index in [-0.39, 0.29) is 17.1 Å². The van der Waals surface area contributed by atoms with Crippen molar-refractivity contribution < 1.29 is 23.2 Å². The Hall–Kier alpha value is -4.21. The molecular weight excluding hydrogens is 611 g/mol. The largest absolute Gasteiger partial charge is 0.496 e. The normalized spacial score (nSPS) is 16.3. The number of hydrogen-bond acceptors (Lipinski definition) is 6. The molecule has 1 N–H and O–H groups in total. The number of amides is 1. The van der Waals surface area contributed by atoms with Crippen molar-refractivity contribution in [2.45, 2.75) is 69.1 Å². The van der Waals surface area contributed by atoms with E-state index in [1.165, 1.54) is 11.8 Å². The summed E-state index contributed by atoms with van der Waals surface area (Å²) in [6, 6.07) is 21.1. The van der Waals surface area contributed by atoms with Crippen LogP contribution >= 0.6 is 0 Å². The molecule has 1 amide bonds. The number of aryl methyl sites for hydroxylation is 2. The number of ether oxygens (including phenoxy) is 3. The molecule has 2 unspecified atom stereocenters. The average Bonchev–Trinajstić information content (AvgIpc) is 3.80. The lowest BCUT2D eigenvalue weighted by molar-refractivity contribution is -0.111. The minimum atomic E-state index is -1.13. The van der Waals surface area contributed by atoms with Crippen LogP contribution in [0.15, 0.2) is 84.0 Å². The third kappa shape index (κ3) is 8.99. The molecule has 0 saturated heterocycles. The number of imidazole rings is 1. The van der Waals surface area contributed by atoms with E-state index < -0.39 is 10.8 Å². The van der Waals surface area contributed by atoms with Crippen molar-refractivity contribution in [3.8, 4) is 22.6 Å². The molecule has 4 aromatic rings. The lowest BCUT2D eigenvalue weighted by Crippen LogP contribution is -2.08. The van der Waals surface area contributed by atoms with E-state index >= 15 is 0 Å². The van der Waals surface area contributed by atoms with Crippen LogP contribution in [0.5, 0.6) is 11.5 Å². The first-order valence-corrected chi connectivity index (χ1v) is 17.6. The van der Waals surface area contributed by atoms with Crippen LogP contribution in [0.4, 0.5) is 5.69 Å². The van der Waals surface area contributed by atoms with Crippen molar-refractivity contribution in [2.75, 3.05) is 32.2 Å². The molecule has 8 nitrogen and oxygen atoms in total. The Morgan fingerprint density at radius 2 is 1.77 bits per heavy atom. The number of carbonyl (C=O) groups is 1. The van der Waals surface area contributed by atoms with E-state index in [9.17, 15) is 9.00 Å². The Bertz CT molecular complexity index is 1680. The maximum absolute atomic E-state index is 13.3. The van der Waals surface area contributed by atoms with Gasteiger partial charge in [-0.25, -0.2) is 4.98 Å². The molecule has 1 fully saturated rings. The quantitative estimate of drug-likeness (QED) is 0.0923. The Labute approximate surface area is 280 Å². The molecule has 0 radical (unpaired) electrons. The summed E-state index contributed by atoms with van der Waals surface area (Å²) >= 11 is 0. The second kappa shape index (κ2) is 16.6. The number of anilines is 1. The second-order valence-electron chi connectivity index (χ2n) is 11.7. The fourth-order valence-electron chi connectivity index (χ4n) is 5.64. The highest BCUT2D eigenvalue weighted by atomic mass is 32.2. The molecule has 0 spiro atoms. The number of aromatic nitrogens is 2. The Morgan fingerprint density at radius 3 is 2.49 bits per heavy atom. The fraction of sp³-hybridized carbons (Fsp3) is 0.368. The van der Waals surface area contributed by atoms with Crippen molar-refractivity contribution in [3.05, 3.63) is 96.1 Å². The summed E-state index contributed by atoms with van der Waals surface area (Å²) in [4.78, 5) is 18.1. The number of nitrogens with zero attached hydrogens (tertiary/aromatic N) is 2. The van der Waals surface area contributed by atoms with Gasteiger partial charge in [-0.3, -0.25) is 9.00 Å². The van der Waals surface area contributed by atoms with Crippen molar-refractivity contribution in [1.29, 1.82) is 0 Å². The first-order valence-electron chi connectivity index (χ1n) is 16.4. The molecule has 9 heteroatoms. The zero-order valence-electron chi connectivity index (χ0n) is 27.7. The number of carbonyl (C=O) groups excluding carboxylic acids is 1. The van der Waals surface area contributed by atoms with Crippen LogP contribution in [0, 0.1) is 6.92 Å². The average molecular weight is 656 g/mol. The lowest BCUT2D eigenvalue weighted by atomic mass is 10.0. The molecule has 1 saturated carbocycles. The molecule has 1 aromatic heterocycles. The monoisotopic (exact) mass is 655 g/mol. The van der Waals surface area contributed by atoms with Gasteiger partial charge in [0.25, 0.3) is 0 Å². The van der Waals surface area contributed by atoms with Crippen molar-refractivity contribution >= 4 is 28.5 Å². The van der Waals surface area contributed by atoms with Gasteiger partial charge in [-0.15, -0.1) is 0 Å². The van der Waals surface area contributed by atoms with Crippen LogP contribution in [0.2, 0.25) is 0 Å². The Kier molecular flexibility index (Phi) is 12.0. The van der Waals surface area contributed by atoms with Crippen LogP contribution in [0.3, 0.4) is 0 Å². The third-order valence-electron chi connectivity index (χ3n) is 8.22. The molecule has 1 heterocycles. The van der Waals surface area contributed by atoms with Crippen molar-refractivity contribution in [1.82, 2.24) is 9.55 Å². The topological polar surface area (TPSA) is 91.7 Å². The van der Waals surface area contributed by atoms with Gasteiger partial charge in [0.2, 0.25) is 5.91 Å².